The van der Waals surface area contributed by atoms with Crippen molar-refractivity contribution in [1.29, 1.82) is 0 Å². The molecule has 5 rings (SSSR count). The van der Waals surface area contributed by atoms with E-state index in [0.29, 0.717) is 12.1 Å². The minimum absolute atomic E-state index is 0.000851. The van der Waals surface area contributed by atoms with Crippen LogP contribution < -0.4 is 15.1 Å². The van der Waals surface area contributed by atoms with Crippen LogP contribution in [0.3, 0.4) is 0 Å². The zero-order valence-electron chi connectivity index (χ0n) is 21.5. The number of aromatic nitrogens is 1. The maximum Gasteiger partial charge on any atom is 0.251 e. The zero-order chi connectivity index (χ0) is 24.7. The van der Waals surface area contributed by atoms with Crippen molar-refractivity contribution in [1.82, 2.24) is 15.2 Å². The SMILES string of the molecule is CN(CCCNC(=O)c1ccc2ccnc(N3CCN(c4ccccc4)CC3)c2c1)C1CCCCC1. The second kappa shape index (κ2) is 11.7. The highest BCUT2D eigenvalue weighted by molar-refractivity contribution is 6.01. The molecular weight excluding hydrogens is 446 g/mol. The number of fused-ring (bicyclic) bond motifs is 1. The molecule has 1 aliphatic carbocycles. The van der Waals surface area contributed by atoms with E-state index in [1.54, 1.807) is 0 Å². The molecule has 3 aromatic rings. The molecule has 0 bridgehead atoms. The van der Waals surface area contributed by atoms with Gasteiger partial charge in [-0.25, -0.2) is 4.98 Å². The molecule has 36 heavy (non-hydrogen) atoms. The van der Waals surface area contributed by atoms with Gasteiger partial charge in [0.05, 0.1) is 0 Å². The Balaban J connectivity index is 1.19. The molecule has 0 spiro atoms. The van der Waals surface area contributed by atoms with Gasteiger partial charge in [-0.1, -0.05) is 43.5 Å². The van der Waals surface area contributed by atoms with Crippen molar-refractivity contribution in [2.75, 3.05) is 56.1 Å². The lowest BCUT2D eigenvalue weighted by Gasteiger charge is -2.37. The third-order valence-electron chi connectivity index (χ3n) is 7.88. The Morgan fingerprint density at radius 3 is 2.50 bits per heavy atom. The van der Waals surface area contributed by atoms with Crippen molar-refractivity contribution in [3.63, 3.8) is 0 Å². The highest BCUT2D eigenvalue weighted by Crippen LogP contribution is 2.27. The van der Waals surface area contributed by atoms with Gasteiger partial charge in [-0.05, 0) is 68.6 Å². The predicted molar refractivity (Wildman–Crippen MR) is 149 cm³/mol. The molecule has 6 heteroatoms. The number of piperazine rings is 1. The maximum absolute atomic E-state index is 13.0. The number of benzene rings is 2. The van der Waals surface area contributed by atoms with E-state index in [2.05, 4.69) is 57.4 Å². The summed E-state index contributed by atoms with van der Waals surface area (Å²) >= 11 is 0. The number of amides is 1. The van der Waals surface area contributed by atoms with Crippen LogP contribution in [0.4, 0.5) is 11.5 Å². The Morgan fingerprint density at radius 2 is 1.72 bits per heavy atom. The highest BCUT2D eigenvalue weighted by Gasteiger charge is 2.21. The quantitative estimate of drug-likeness (QED) is 0.458. The number of carbonyl (C=O) groups is 1. The van der Waals surface area contributed by atoms with Crippen LogP contribution in [-0.2, 0) is 0 Å². The number of pyridine rings is 1. The number of nitrogens with zero attached hydrogens (tertiary/aromatic N) is 4. The second-order valence-corrected chi connectivity index (χ2v) is 10.3. The van der Waals surface area contributed by atoms with Crippen LogP contribution in [0.5, 0.6) is 0 Å². The molecule has 190 valence electrons. The first-order valence-electron chi connectivity index (χ1n) is 13.6. The van der Waals surface area contributed by atoms with E-state index in [1.807, 2.05) is 30.5 Å². The van der Waals surface area contributed by atoms with Gasteiger partial charge >= 0.3 is 0 Å². The summed E-state index contributed by atoms with van der Waals surface area (Å²) in [6.07, 6.45) is 9.58. The Hall–Kier alpha value is -3.12. The zero-order valence-corrected chi connectivity index (χ0v) is 21.5. The summed E-state index contributed by atoms with van der Waals surface area (Å²) in [5, 5.41) is 5.31. The summed E-state index contributed by atoms with van der Waals surface area (Å²) in [5.74, 6) is 0.977. The molecule has 6 nitrogen and oxygen atoms in total. The molecule has 2 aromatic carbocycles. The van der Waals surface area contributed by atoms with Gasteiger partial charge in [0.25, 0.3) is 5.91 Å². The molecule has 1 amide bonds. The van der Waals surface area contributed by atoms with Crippen molar-refractivity contribution in [3.8, 4) is 0 Å². The molecule has 0 radical (unpaired) electrons. The molecule has 2 fully saturated rings. The fourth-order valence-electron chi connectivity index (χ4n) is 5.70. The fourth-order valence-corrected chi connectivity index (χ4v) is 5.70. The minimum atomic E-state index is 0.000851. The standard InChI is InChI=1S/C30H39N5O/c1-33(26-9-4-2-5-10-26)18-8-16-32-30(36)25-14-13-24-15-17-31-29(28(24)23-25)35-21-19-34(20-22-35)27-11-6-3-7-12-27/h3,6-7,11-15,17,23,26H,2,4-5,8-10,16,18-22H2,1H3,(H,32,36). The normalized spacial score (nSPS) is 17.1. The van der Waals surface area contributed by atoms with Crippen molar-refractivity contribution in [3.05, 3.63) is 66.4 Å². The van der Waals surface area contributed by atoms with Gasteiger partial charge in [0.2, 0.25) is 0 Å². The molecule has 0 unspecified atom stereocenters. The molecule has 1 saturated heterocycles. The Morgan fingerprint density at radius 1 is 0.972 bits per heavy atom. The van der Waals surface area contributed by atoms with Gasteiger partial charge in [0.15, 0.2) is 0 Å². The van der Waals surface area contributed by atoms with Crippen LogP contribution in [-0.4, -0.2) is 68.1 Å². The monoisotopic (exact) mass is 485 g/mol. The Bertz CT molecular complexity index is 1140. The first-order chi connectivity index (χ1) is 17.7. The van der Waals surface area contributed by atoms with Crippen LogP contribution >= 0.6 is 0 Å². The third-order valence-corrected chi connectivity index (χ3v) is 7.88. The molecule has 1 aliphatic heterocycles. The van der Waals surface area contributed by atoms with E-state index in [4.69, 9.17) is 4.98 Å². The lowest BCUT2D eigenvalue weighted by molar-refractivity contribution is 0.0950. The Labute approximate surface area is 215 Å². The fraction of sp³-hybridized carbons (Fsp3) is 0.467. The lowest BCUT2D eigenvalue weighted by Crippen LogP contribution is -2.46. The smallest absolute Gasteiger partial charge is 0.251 e. The second-order valence-electron chi connectivity index (χ2n) is 10.3. The van der Waals surface area contributed by atoms with Crippen molar-refractivity contribution in [2.24, 2.45) is 0 Å². The third kappa shape index (κ3) is 5.81. The number of nitrogens with one attached hydrogen (secondary N) is 1. The van der Waals surface area contributed by atoms with E-state index >= 15 is 0 Å². The minimum Gasteiger partial charge on any atom is -0.368 e. The van der Waals surface area contributed by atoms with Crippen LogP contribution in [0.1, 0.15) is 48.9 Å². The maximum atomic E-state index is 13.0. The van der Waals surface area contributed by atoms with E-state index in [9.17, 15) is 4.79 Å². The van der Waals surface area contributed by atoms with Gasteiger partial charge < -0.3 is 20.0 Å². The average molecular weight is 486 g/mol. The van der Waals surface area contributed by atoms with Crippen molar-refractivity contribution >= 4 is 28.2 Å². The number of hydrogen-bond acceptors (Lipinski definition) is 5. The first-order valence-corrected chi connectivity index (χ1v) is 13.6. The average Bonchev–Trinajstić information content (AvgIpc) is 2.95. The van der Waals surface area contributed by atoms with E-state index in [1.165, 1.54) is 37.8 Å². The van der Waals surface area contributed by atoms with Gasteiger partial charge in [0.1, 0.15) is 5.82 Å². The summed E-state index contributed by atoms with van der Waals surface area (Å²) < 4.78 is 0. The largest absolute Gasteiger partial charge is 0.368 e. The molecular formula is C30H39N5O. The topological polar surface area (TPSA) is 51.7 Å². The van der Waals surface area contributed by atoms with Gasteiger partial charge in [0, 0.05) is 61.6 Å². The molecule has 0 atom stereocenters. The van der Waals surface area contributed by atoms with Gasteiger partial charge in [-0.3, -0.25) is 4.79 Å². The van der Waals surface area contributed by atoms with E-state index in [-0.39, 0.29) is 5.91 Å². The summed E-state index contributed by atoms with van der Waals surface area (Å²) in [6, 6.07) is 19.3. The van der Waals surface area contributed by atoms with E-state index < -0.39 is 0 Å². The number of hydrogen-bond donors (Lipinski definition) is 1. The summed E-state index contributed by atoms with van der Waals surface area (Å²) in [4.78, 5) is 25.0. The summed E-state index contributed by atoms with van der Waals surface area (Å²) in [5.41, 5.74) is 1.98. The first kappa shape index (κ1) is 24.6. The number of rotatable bonds is 8. The van der Waals surface area contributed by atoms with Crippen LogP contribution in [0.15, 0.2) is 60.8 Å². The predicted octanol–water partition coefficient (Wildman–Crippen LogP) is 4.95. The number of anilines is 2. The van der Waals surface area contributed by atoms with Crippen LogP contribution in [0, 0.1) is 0 Å². The molecule has 2 aliphatic rings. The van der Waals surface area contributed by atoms with Gasteiger partial charge in [-0.2, -0.15) is 0 Å². The molecule has 1 N–H and O–H groups in total. The number of para-hydroxylation sites is 1. The van der Waals surface area contributed by atoms with Crippen LogP contribution in [0.2, 0.25) is 0 Å². The van der Waals surface area contributed by atoms with Crippen molar-refractivity contribution < 1.29 is 4.79 Å². The molecule has 1 saturated carbocycles. The lowest BCUT2D eigenvalue weighted by atomic mass is 9.94. The molecule has 2 heterocycles. The Kier molecular flexibility index (Phi) is 8.01. The summed E-state index contributed by atoms with van der Waals surface area (Å²) in [6.45, 7) is 5.47. The van der Waals surface area contributed by atoms with Gasteiger partial charge in [-0.15, -0.1) is 0 Å². The van der Waals surface area contributed by atoms with E-state index in [0.717, 1.165) is 61.8 Å². The van der Waals surface area contributed by atoms with Crippen LogP contribution in [0.25, 0.3) is 10.8 Å². The summed E-state index contributed by atoms with van der Waals surface area (Å²) in [7, 11) is 2.23. The van der Waals surface area contributed by atoms with Crippen molar-refractivity contribution in [2.45, 2.75) is 44.6 Å². The molecule has 1 aromatic heterocycles. The highest BCUT2D eigenvalue weighted by atomic mass is 16.1. The number of carbonyl (C=O) groups excluding carboxylic acids is 1.